The molecular weight excluding hydrogens is 245 g/mol. The van der Waals surface area contributed by atoms with Crippen molar-refractivity contribution in [1.29, 1.82) is 0 Å². The molecule has 0 aliphatic heterocycles. The van der Waals surface area contributed by atoms with E-state index in [1.807, 2.05) is 5.32 Å². The van der Waals surface area contributed by atoms with E-state index in [0.29, 0.717) is 12.1 Å². The van der Waals surface area contributed by atoms with E-state index in [2.05, 4.69) is 0 Å². The van der Waals surface area contributed by atoms with Crippen molar-refractivity contribution in [2.24, 2.45) is 0 Å². The van der Waals surface area contributed by atoms with Gasteiger partial charge in [0, 0.05) is 11.7 Å². The Labute approximate surface area is 103 Å². The van der Waals surface area contributed by atoms with Gasteiger partial charge in [-0.25, -0.2) is 0 Å². The average molecular weight is 260 g/mol. The SMILES string of the molecule is Cc1c(N)cccc1C[C@@H](C)NC(=O)C(F)(F)F. The molecule has 6 heteroatoms. The topological polar surface area (TPSA) is 55.1 Å². The number of anilines is 1. The van der Waals surface area contributed by atoms with E-state index in [0.717, 1.165) is 11.1 Å². The Morgan fingerprint density at radius 2 is 2.06 bits per heavy atom. The minimum Gasteiger partial charge on any atom is -0.399 e. The standard InChI is InChI=1S/C12H15F3N2O/c1-7(17-11(18)12(13,14)15)6-9-4-3-5-10(16)8(9)2/h3-5,7H,6,16H2,1-2H3,(H,17,18)/t7-/m1/s1. The van der Waals surface area contributed by atoms with E-state index in [1.165, 1.54) is 6.92 Å². The van der Waals surface area contributed by atoms with Crippen molar-refractivity contribution in [3.8, 4) is 0 Å². The molecule has 1 amide bonds. The van der Waals surface area contributed by atoms with Crippen LogP contribution in [0.5, 0.6) is 0 Å². The van der Waals surface area contributed by atoms with Crippen LogP contribution in [0, 0.1) is 6.92 Å². The normalized spacial score (nSPS) is 13.2. The van der Waals surface area contributed by atoms with Gasteiger partial charge >= 0.3 is 12.1 Å². The molecule has 0 radical (unpaired) electrons. The molecule has 3 N–H and O–H groups in total. The van der Waals surface area contributed by atoms with Gasteiger partial charge in [0.15, 0.2) is 0 Å². The van der Waals surface area contributed by atoms with Crippen molar-refractivity contribution < 1.29 is 18.0 Å². The minimum absolute atomic E-state index is 0.304. The number of nitrogens with two attached hydrogens (primary N) is 1. The Kier molecular flexibility index (Phi) is 4.21. The summed E-state index contributed by atoms with van der Waals surface area (Å²) < 4.78 is 36.2. The number of carbonyl (C=O) groups is 1. The van der Waals surface area contributed by atoms with E-state index in [-0.39, 0.29) is 0 Å². The predicted molar refractivity (Wildman–Crippen MR) is 63.0 cm³/mol. The fourth-order valence-corrected chi connectivity index (χ4v) is 1.61. The van der Waals surface area contributed by atoms with Crippen LogP contribution in [-0.2, 0) is 11.2 Å². The van der Waals surface area contributed by atoms with Gasteiger partial charge in [0.05, 0.1) is 0 Å². The monoisotopic (exact) mass is 260 g/mol. The first-order valence-corrected chi connectivity index (χ1v) is 5.43. The molecule has 18 heavy (non-hydrogen) atoms. The number of amides is 1. The van der Waals surface area contributed by atoms with Crippen molar-refractivity contribution in [2.75, 3.05) is 5.73 Å². The van der Waals surface area contributed by atoms with Crippen molar-refractivity contribution in [3.63, 3.8) is 0 Å². The van der Waals surface area contributed by atoms with Crippen LogP contribution >= 0.6 is 0 Å². The maximum Gasteiger partial charge on any atom is 0.471 e. The van der Waals surface area contributed by atoms with Gasteiger partial charge in [0.2, 0.25) is 0 Å². The lowest BCUT2D eigenvalue weighted by molar-refractivity contribution is -0.174. The van der Waals surface area contributed by atoms with E-state index in [1.54, 1.807) is 25.1 Å². The highest BCUT2D eigenvalue weighted by Gasteiger charge is 2.39. The van der Waals surface area contributed by atoms with Gasteiger partial charge in [-0.15, -0.1) is 0 Å². The van der Waals surface area contributed by atoms with Crippen LogP contribution in [0.25, 0.3) is 0 Å². The average Bonchev–Trinajstić information content (AvgIpc) is 2.23. The molecule has 0 unspecified atom stereocenters. The first-order valence-electron chi connectivity index (χ1n) is 5.43. The van der Waals surface area contributed by atoms with Crippen molar-refractivity contribution in [1.82, 2.24) is 5.32 Å². The van der Waals surface area contributed by atoms with Gasteiger partial charge in [0.25, 0.3) is 0 Å². The molecule has 1 atom stereocenters. The lowest BCUT2D eigenvalue weighted by Crippen LogP contribution is -2.42. The molecule has 0 spiro atoms. The molecule has 1 aromatic carbocycles. The molecule has 0 aliphatic carbocycles. The quantitative estimate of drug-likeness (QED) is 0.818. The predicted octanol–water partition coefficient (Wildman–Crippen LogP) is 2.19. The molecule has 0 aromatic heterocycles. The Bertz CT molecular complexity index is 443. The maximum atomic E-state index is 12.1. The third kappa shape index (κ3) is 3.65. The van der Waals surface area contributed by atoms with Gasteiger partial charge < -0.3 is 11.1 Å². The molecule has 0 fully saturated rings. The van der Waals surface area contributed by atoms with Crippen LogP contribution in [-0.4, -0.2) is 18.1 Å². The van der Waals surface area contributed by atoms with Crippen LogP contribution in [0.15, 0.2) is 18.2 Å². The zero-order chi connectivity index (χ0) is 13.9. The Balaban J connectivity index is 2.68. The van der Waals surface area contributed by atoms with Crippen molar-refractivity contribution in [3.05, 3.63) is 29.3 Å². The summed E-state index contributed by atoms with van der Waals surface area (Å²) in [7, 11) is 0. The molecule has 1 rings (SSSR count). The number of nitrogen functional groups attached to an aromatic ring is 1. The van der Waals surface area contributed by atoms with Crippen LogP contribution in [0.1, 0.15) is 18.1 Å². The number of alkyl halides is 3. The van der Waals surface area contributed by atoms with Crippen LogP contribution < -0.4 is 11.1 Å². The van der Waals surface area contributed by atoms with Gasteiger partial charge in [-0.05, 0) is 37.5 Å². The highest BCUT2D eigenvalue weighted by atomic mass is 19.4. The second-order valence-electron chi connectivity index (χ2n) is 4.21. The number of carbonyl (C=O) groups excluding carboxylic acids is 1. The zero-order valence-corrected chi connectivity index (χ0v) is 10.1. The highest BCUT2D eigenvalue weighted by molar-refractivity contribution is 5.81. The molecule has 0 aliphatic rings. The second-order valence-corrected chi connectivity index (χ2v) is 4.21. The lowest BCUT2D eigenvalue weighted by atomic mass is 10.0. The van der Waals surface area contributed by atoms with Gasteiger partial charge in [-0.2, -0.15) is 13.2 Å². The van der Waals surface area contributed by atoms with Gasteiger partial charge in [-0.3, -0.25) is 4.79 Å². The lowest BCUT2D eigenvalue weighted by Gasteiger charge is -2.17. The highest BCUT2D eigenvalue weighted by Crippen LogP contribution is 2.18. The van der Waals surface area contributed by atoms with E-state index < -0.39 is 18.1 Å². The van der Waals surface area contributed by atoms with Crippen molar-refractivity contribution in [2.45, 2.75) is 32.5 Å². The summed E-state index contributed by atoms with van der Waals surface area (Å²) in [4.78, 5) is 10.8. The summed E-state index contributed by atoms with van der Waals surface area (Å²) in [6, 6.07) is 4.62. The van der Waals surface area contributed by atoms with E-state index in [4.69, 9.17) is 5.73 Å². The number of hydrogen-bond acceptors (Lipinski definition) is 2. The van der Waals surface area contributed by atoms with Crippen LogP contribution in [0.2, 0.25) is 0 Å². The molecule has 0 saturated heterocycles. The Morgan fingerprint density at radius 1 is 1.44 bits per heavy atom. The van der Waals surface area contributed by atoms with Crippen LogP contribution in [0.3, 0.4) is 0 Å². The third-order valence-corrected chi connectivity index (χ3v) is 2.65. The third-order valence-electron chi connectivity index (χ3n) is 2.65. The zero-order valence-electron chi connectivity index (χ0n) is 10.1. The Morgan fingerprint density at radius 3 is 2.61 bits per heavy atom. The first kappa shape index (κ1) is 14.3. The molecule has 3 nitrogen and oxygen atoms in total. The molecule has 0 heterocycles. The summed E-state index contributed by atoms with van der Waals surface area (Å²) in [5, 5.41) is 1.91. The minimum atomic E-state index is -4.85. The van der Waals surface area contributed by atoms with Gasteiger partial charge in [0.1, 0.15) is 0 Å². The molecule has 100 valence electrons. The fraction of sp³-hybridized carbons (Fsp3) is 0.417. The molecule has 0 bridgehead atoms. The molecule has 0 saturated carbocycles. The van der Waals surface area contributed by atoms with Crippen molar-refractivity contribution >= 4 is 11.6 Å². The summed E-state index contributed by atoms with van der Waals surface area (Å²) in [6.45, 7) is 3.31. The molecule has 1 aromatic rings. The van der Waals surface area contributed by atoms with E-state index >= 15 is 0 Å². The van der Waals surface area contributed by atoms with E-state index in [9.17, 15) is 18.0 Å². The number of hydrogen-bond donors (Lipinski definition) is 2. The number of rotatable bonds is 3. The maximum absolute atomic E-state index is 12.1. The summed E-state index contributed by atoms with van der Waals surface area (Å²) >= 11 is 0. The van der Waals surface area contributed by atoms with Gasteiger partial charge in [-0.1, -0.05) is 12.1 Å². The first-order chi connectivity index (χ1) is 8.21. The summed E-state index contributed by atoms with van der Waals surface area (Å²) in [5.74, 6) is -1.92. The number of nitrogens with one attached hydrogen (secondary N) is 1. The fourth-order valence-electron chi connectivity index (χ4n) is 1.61. The smallest absolute Gasteiger partial charge is 0.399 e. The number of benzene rings is 1. The summed E-state index contributed by atoms with van der Waals surface area (Å²) in [6.07, 6.45) is -4.54. The number of halogens is 3. The Hall–Kier alpha value is -1.72. The largest absolute Gasteiger partial charge is 0.471 e. The van der Waals surface area contributed by atoms with Crippen LogP contribution in [0.4, 0.5) is 18.9 Å². The summed E-state index contributed by atoms with van der Waals surface area (Å²) in [5.41, 5.74) is 7.93. The molecular formula is C12H15F3N2O. The second kappa shape index (κ2) is 5.29.